The van der Waals surface area contributed by atoms with Crippen LogP contribution in [0.1, 0.15) is 15.9 Å². The monoisotopic (exact) mass is 296 g/mol. The summed E-state index contributed by atoms with van der Waals surface area (Å²) in [6.07, 6.45) is -4.00. The molecule has 3 nitrogen and oxygen atoms in total. The van der Waals surface area contributed by atoms with Crippen LogP contribution in [-0.4, -0.2) is 12.6 Å². The fourth-order valence-electron chi connectivity index (χ4n) is 1.63. The molecule has 0 N–H and O–H groups in total. The van der Waals surface area contributed by atoms with Crippen molar-refractivity contribution in [2.24, 2.45) is 0 Å². The first-order valence-corrected chi connectivity index (χ1v) is 5.99. The fraction of sp³-hybridized carbons (Fsp3) is 0.133. The Hall–Kier alpha value is -2.50. The van der Waals surface area contributed by atoms with Gasteiger partial charge in [0.05, 0.1) is 0 Å². The molecular formula is C15H11F3O3. The number of rotatable bonds is 5. The number of carbonyl (C=O) groups excluding carboxylic acids is 1. The van der Waals surface area contributed by atoms with Crippen LogP contribution in [0.3, 0.4) is 0 Å². The van der Waals surface area contributed by atoms with Crippen molar-refractivity contribution in [2.75, 3.05) is 0 Å². The van der Waals surface area contributed by atoms with Crippen molar-refractivity contribution >= 4 is 6.29 Å². The summed E-state index contributed by atoms with van der Waals surface area (Å²) < 4.78 is 45.2. The molecule has 0 aliphatic heterocycles. The van der Waals surface area contributed by atoms with E-state index in [1.807, 2.05) is 0 Å². The van der Waals surface area contributed by atoms with Crippen LogP contribution < -0.4 is 9.47 Å². The van der Waals surface area contributed by atoms with Crippen molar-refractivity contribution in [3.8, 4) is 11.5 Å². The van der Waals surface area contributed by atoms with Gasteiger partial charge in [0.25, 0.3) is 0 Å². The lowest BCUT2D eigenvalue weighted by molar-refractivity contribution is -0.274. The molecule has 0 saturated carbocycles. The van der Waals surface area contributed by atoms with Gasteiger partial charge in [0, 0.05) is 5.56 Å². The van der Waals surface area contributed by atoms with Gasteiger partial charge in [0.15, 0.2) is 0 Å². The van der Waals surface area contributed by atoms with Gasteiger partial charge in [-0.1, -0.05) is 24.3 Å². The Bertz CT molecular complexity index is 606. The van der Waals surface area contributed by atoms with Gasteiger partial charge in [0.2, 0.25) is 0 Å². The van der Waals surface area contributed by atoms with E-state index < -0.39 is 6.36 Å². The molecule has 21 heavy (non-hydrogen) atoms. The Morgan fingerprint density at radius 3 is 2.33 bits per heavy atom. The maximum absolute atomic E-state index is 12.0. The van der Waals surface area contributed by atoms with Crippen LogP contribution >= 0.6 is 0 Å². The highest BCUT2D eigenvalue weighted by Gasteiger charge is 2.30. The summed E-state index contributed by atoms with van der Waals surface area (Å²) in [4.78, 5) is 10.6. The molecule has 110 valence electrons. The van der Waals surface area contributed by atoms with Crippen LogP contribution in [0.25, 0.3) is 0 Å². The van der Waals surface area contributed by atoms with Gasteiger partial charge in [-0.25, -0.2) is 0 Å². The topological polar surface area (TPSA) is 35.5 Å². The zero-order valence-corrected chi connectivity index (χ0v) is 10.8. The second-order valence-corrected chi connectivity index (χ2v) is 4.17. The van der Waals surface area contributed by atoms with Crippen LogP contribution in [0.2, 0.25) is 0 Å². The fourth-order valence-corrected chi connectivity index (χ4v) is 1.63. The zero-order chi connectivity index (χ0) is 15.3. The van der Waals surface area contributed by atoms with E-state index in [1.54, 1.807) is 24.3 Å². The third kappa shape index (κ3) is 4.83. The highest BCUT2D eigenvalue weighted by molar-refractivity contribution is 5.75. The second kappa shape index (κ2) is 6.30. The van der Waals surface area contributed by atoms with Crippen molar-refractivity contribution in [2.45, 2.75) is 13.0 Å². The number of hydrogen-bond acceptors (Lipinski definition) is 3. The molecule has 2 aromatic carbocycles. The summed E-state index contributed by atoms with van der Waals surface area (Å²) in [5.41, 5.74) is 1.17. The Labute approximate surface area is 118 Å². The SMILES string of the molecule is O=Cc1cccc(OCc2ccc(OC(F)(F)F)cc2)c1. The quantitative estimate of drug-likeness (QED) is 0.783. The summed E-state index contributed by atoms with van der Waals surface area (Å²) in [5.74, 6) is 0.226. The number of aldehydes is 1. The number of carbonyl (C=O) groups is 1. The summed E-state index contributed by atoms with van der Waals surface area (Å²) in [6, 6.07) is 12.0. The van der Waals surface area contributed by atoms with Crippen molar-refractivity contribution in [3.05, 3.63) is 59.7 Å². The molecule has 0 spiro atoms. The van der Waals surface area contributed by atoms with Crippen LogP contribution in [0.4, 0.5) is 13.2 Å². The molecule has 0 heterocycles. The molecule has 0 saturated heterocycles. The zero-order valence-electron chi connectivity index (χ0n) is 10.8. The molecule has 0 aliphatic carbocycles. The number of halogens is 3. The minimum absolute atomic E-state index is 0.175. The number of hydrogen-bond donors (Lipinski definition) is 0. The highest BCUT2D eigenvalue weighted by Crippen LogP contribution is 2.23. The minimum atomic E-state index is -4.70. The smallest absolute Gasteiger partial charge is 0.489 e. The molecule has 0 atom stereocenters. The summed E-state index contributed by atoms with van der Waals surface area (Å²) in [7, 11) is 0. The average Bonchev–Trinajstić information content (AvgIpc) is 2.45. The number of benzene rings is 2. The first-order valence-electron chi connectivity index (χ1n) is 5.99. The normalized spacial score (nSPS) is 11.0. The summed E-state index contributed by atoms with van der Waals surface area (Å²) in [5, 5.41) is 0. The predicted octanol–water partition coefficient (Wildman–Crippen LogP) is 3.98. The van der Waals surface area contributed by atoms with Gasteiger partial charge >= 0.3 is 6.36 Å². The Kier molecular flexibility index (Phi) is 4.47. The average molecular weight is 296 g/mol. The van der Waals surface area contributed by atoms with Crippen molar-refractivity contribution in [1.82, 2.24) is 0 Å². The number of ether oxygens (including phenoxy) is 2. The van der Waals surface area contributed by atoms with Gasteiger partial charge in [-0.3, -0.25) is 4.79 Å². The summed E-state index contributed by atoms with van der Waals surface area (Å²) >= 11 is 0. The summed E-state index contributed by atoms with van der Waals surface area (Å²) in [6.45, 7) is 0.175. The second-order valence-electron chi connectivity index (χ2n) is 4.17. The van der Waals surface area contributed by atoms with E-state index in [1.165, 1.54) is 24.3 Å². The van der Waals surface area contributed by atoms with E-state index in [0.717, 1.165) is 0 Å². The molecule has 0 aliphatic rings. The maximum Gasteiger partial charge on any atom is 0.573 e. The largest absolute Gasteiger partial charge is 0.573 e. The van der Waals surface area contributed by atoms with Gasteiger partial charge in [-0.05, 0) is 29.8 Å². The van der Waals surface area contributed by atoms with Crippen LogP contribution in [-0.2, 0) is 6.61 Å². The molecule has 2 rings (SSSR count). The Morgan fingerprint density at radius 1 is 1.00 bits per heavy atom. The number of alkyl halides is 3. The van der Waals surface area contributed by atoms with Crippen molar-refractivity contribution in [1.29, 1.82) is 0 Å². The molecule has 6 heteroatoms. The lowest BCUT2D eigenvalue weighted by Gasteiger charge is -2.10. The molecule has 0 fully saturated rings. The van der Waals surface area contributed by atoms with Crippen molar-refractivity contribution in [3.63, 3.8) is 0 Å². The first kappa shape index (κ1) is 14.9. The molecule has 0 radical (unpaired) electrons. The van der Waals surface area contributed by atoms with E-state index in [0.29, 0.717) is 23.2 Å². The minimum Gasteiger partial charge on any atom is -0.489 e. The molecule has 0 amide bonds. The van der Waals surface area contributed by atoms with Gasteiger partial charge in [-0.2, -0.15) is 0 Å². The Balaban J connectivity index is 1.95. The van der Waals surface area contributed by atoms with E-state index in [2.05, 4.69) is 4.74 Å². The maximum atomic E-state index is 12.0. The van der Waals surface area contributed by atoms with Gasteiger partial charge in [-0.15, -0.1) is 13.2 Å². The third-order valence-corrected chi connectivity index (χ3v) is 2.56. The molecule has 0 unspecified atom stereocenters. The molecule has 2 aromatic rings. The molecule has 0 bridgehead atoms. The van der Waals surface area contributed by atoms with E-state index in [4.69, 9.17) is 4.74 Å². The lowest BCUT2D eigenvalue weighted by Crippen LogP contribution is -2.17. The predicted molar refractivity (Wildman–Crippen MR) is 69.3 cm³/mol. The Morgan fingerprint density at radius 2 is 1.71 bits per heavy atom. The standard InChI is InChI=1S/C15H11F3O3/c16-15(17,18)21-13-6-4-11(5-7-13)10-20-14-3-1-2-12(8-14)9-19/h1-9H,10H2. The van der Waals surface area contributed by atoms with Crippen LogP contribution in [0.5, 0.6) is 11.5 Å². The molecule has 0 aromatic heterocycles. The third-order valence-electron chi connectivity index (χ3n) is 2.56. The van der Waals surface area contributed by atoms with Crippen molar-refractivity contribution < 1.29 is 27.4 Å². The van der Waals surface area contributed by atoms with E-state index in [9.17, 15) is 18.0 Å². The molecular weight excluding hydrogens is 285 g/mol. The lowest BCUT2D eigenvalue weighted by atomic mass is 10.2. The first-order chi connectivity index (χ1) is 9.96. The van der Waals surface area contributed by atoms with E-state index >= 15 is 0 Å². The van der Waals surface area contributed by atoms with Crippen LogP contribution in [0.15, 0.2) is 48.5 Å². The van der Waals surface area contributed by atoms with E-state index in [-0.39, 0.29) is 12.4 Å². The van der Waals surface area contributed by atoms with Crippen LogP contribution in [0, 0.1) is 0 Å². The highest BCUT2D eigenvalue weighted by atomic mass is 19.4. The van der Waals surface area contributed by atoms with Gasteiger partial charge < -0.3 is 9.47 Å². The van der Waals surface area contributed by atoms with Gasteiger partial charge in [0.1, 0.15) is 24.4 Å².